The number of nitrogens with one attached hydrogen (secondary N) is 1. The largest absolute Gasteiger partial charge is 0.465 e. The van der Waals surface area contributed by atoms with Crippen LogP contribution in [-0.4, -0.2) is 43.1 Å². The molecule has 1 aliphatic heterocycles. The maximum absolute atomic E-state index is 12.7. The van der Waals surface area contributed by atoms with Crippen molar-refractivity contribution in [3.63, 3.8) is 0 Å². The average Bonchev–Trinajstić information content (AvgIpc) is 3.40. The number of nitrogens with zero attached hydrogens (tertiary/aromatic N) is 2. The fourth-order valence-electron chi connectivity index (χ4n) is 3.64. The second-order valence-electron chi connectivity index (χ2n) is 7.37. The van der Waals surface area contributed by atoms with Crippen LogP contribution < -0.4 is 16.0 Å². The van der Waals surface area contributed by atoms with E-state index in [9.17, 15) is 9.59 Å². The second-order valence-corrected chi connectivity index (χ2v) is 9.15. The van der Waals surface area contributed by atoms with Crippen molar-refractivity contribution in [1.82, 2.24) is 4.98 Å². The summed E-state index contributed by atoms with van der Waals surface area (Å²) >= 11 is 13.6. The predicted octanol–water partition coefficient (Wildman–Crippen LogP) is 3.97. The molecule has 10 heteroatoms. The highest BCUT2D eigenvalue weighted by Crippen LogP contribution is 2.39. The van der Waals surface area contributed by atoms with Gasteiger partial charge in [-0.25, -0.2) is 9.78 Å². The number of carbonyl (C=O) groups is 2. The number of rotatable bonds is 4. The number of amides is 1. The zero-order chi connectivity index (χ0) is 21.6. The van der Waals surface area contributed by atoms with Crippen molar-refractivity contribution in [3.8, 4) is 0 Å². The zero-order valence-corrected chi connectivity index (χ0v) is 18.7. The van der Waals surface area contributed by atoms with E-state index in [1.807, 2.05) is 6.92 Å². The number of thiazole rings is 1. The first-order valence-corrected chi connectivity index (χ1v) is 10.9. The Bertz CT molecular complexity index is 1120. The number of hydrogen-bond acceptors (Lipinski definition) is 7. The summed E-state index contributed by atoms with van der Waals surface area (Å²) in [5, 5.41) is 3.92. The molecule has 3 N–H and O–H groups in total. The molecular weight excluding hydrogens is 447 g/mol. The fourth-order valence-corrected chi connectivity index (χ4v) is 5.06. The third kappa shape index (κ3) is 3.80. The van der Waals surface area contributed by atoms with Gasteiger partial charge in [-0.15, -0.1) is 0 Å². The Morgan fingerprint density at radius 3 is 2.70 bits per heavy atom. The normalized spacial score (nSPS) is 19.2. The van der Waals surface area contributed by atoms with Crippen molar-refractivity contribution >= 4 is 67.5 Å². The van der Waals surface area contributed by atoms with Gasteiger partial charge in [0.05, 0.1) is 33.1 Å². The molecule has 7 nitrogen and oxygen atoms in total. The van der Waals surface area contributed by atoms with E-state index in [4.69, 9.17) is 33.7 Å². The minimum Gasteiger partial charge on any atom is -0.465 e. The highest BCUT2D eigenvalue weighted by Gasteiger charge is 2.27. The Morgan fingerprint density at radius 2 is 2.10 bits per heavy atom. The maximum atomic E-state index is 12.7. The lowest BCUT2D eigenvalue weighted by molar-refractivity contribution is -0.112. The molecule has 0 saturated carbocycles. The van der Waals surface area contributed by atoms with Crippen LogP contribution in [0.25, 0.3) is 10.2 Å². The third-order valence-electron chi connectivity index (χ3n) is 5.23. The van der Waals surface area contributed by atoms with Crippen LogP contribution in [0.5, 0.6) is 0 Å². The number of carbonyl (C=O) groups excluding carboxylic acids is 2. The van der Waals surface area contributed by atoms with E-state index < -0.39 is 5.97 Å². The molecule has 2 aromatic rings. The predicted molar refractivity (Wildman–Crippen MR) is 120 cm³/mol. The summed E-state index contributed by atoms with van der Waals surface area (Å²) in [4.78, 5) is 31.6. The van der Waals surface area contributed by atoms with Crippen LogP contribution in [0.1, 0.15) is 30.1 Å². The molecule has 1 aromatic carbocycles. The quantitative estimate of drug-likeness (QED) is 0.661. The topological polar surface area (TPSA) is 97.6 Å². The molecule has 0 bridgehead atoms. The average molecular weight is 467 g/mol. The number of anilines is 2. The SMILES string of the molecule is COC(=O)c1cc(N2CC[C@H](N)C2)c2nc(NC(=O)C3=C(Cl)C(Cl)=C(C)C3)sc2c1. The lowest BCUT2D eigenvalue weighted by Crippen LogP contribution is -2.26. The van der Waals surface area contributed by atoms with E-state index in [0.29, 0.717) is 39.8 Å². The Labute approximate surface area is 187 Å². The first-order chi connectivity index (χ1) is 14.3. The Hall–Kier alpha value is -2.13. The maximum Gasteiger partial charge on any atom is 0.337 e. The van der Waals surface area contributed by atoms with E-state index in [-0.39, 0.29) is 17.0 Å². The van der Waals surface area contributed by atoms with Gasteiger partial charge in [-0.05, 0) is 31.1 Å². The van der Waals surface area contributed by atoms with E-state index in [2.05, 4.69) is 15.2 Å². The van der Waals surface area contributed by atoms with Gasteiger partial charge in [0, 0.05) is 31.1 Å². The first-order valence-electron chi connectivity index (χ1n) is 9.37. The minimum atomic E-state index is -0.431. The van der Waals surface area contributed by atoms with Gasteiger partial charge in [0.25, 0.3) is 5.91 Å². The van der Waals surface area contributed by atoms with Crippen molar-refractivity contribution in [2.45, 2.75) is 25.8 Å². The molecule has 1 aliphatic carbocycles. The lowest BCUT2D eigenvalue weighted by Gasteiger charge is -2.19. The number of fused-ring (bicyclic) bond motifs is 1. The second kappa shape index (κ2) is 8.19. The molecule has 1 aromatic heterocycles. The monoisotopic (exact) mass is 466 g/mol. The van der Waals surface area contributed by atoms with Gasteiger partial charge in [-0.2, -0.15) is 0 Å². The standard InChI is InChI=1S/C20H20Cl2N4O3S/c1-9-5-12(16(22)15(9)21)18(27)25-20-24-17-13(26-4-3-11(23)8-26)6-10(19(28)29-2)7-14(17)30-20/h6-7,11H,3-5,8,23H2,1-2H3,(H,24,25,27)/t11-/m0/s1. The van der Waals surface area contributed by atoms with Gasteiger partial charge >= 0.3 is 5.97 Å². The van der Waals surface area contributed by atoms with Gasteiger partial charge in [-0.1, -0.05) is 34.5 Å². The summed E-state index contributed by atoms with van der Waals surface area (Å²) in [6, 6.07) is 3.55. The fraction of sp³-hybridized carbons (Fsp3) is 0.350. The molecule has 0 radical (unpaired) electrons. The number of esters is 1. The van der Waals surface area contributed by atoms with E-state index in [1.54, 1.807) is 12.1 Å². The number of methoxy groups -OCH3 is 1. The molecule has 4 rings (SSSR count). The molecule has 1 atom stereocenters. The molecule has 2 aliphatic rings. The van der Waals surface area contributed by atoms with E-state index in [0.717, 1.165) is 28.9 Å². The van der Waals surface area contributed by atoms with Crippen LogP contribution in [0.3, 0.4) is 0 Å². The first kappa shape index (κ1) is 21.1. The van der Waals surface area contributed by atoms with Crippen molar-refractivity contribution in [1.29, 1.82) is 0 Å². The molecule has 2 heterocycles. The molecule has 158 valence electrons. The smallest absolute Gasteiger partial charge is 0.337 e. The zero-order valence-electron chi connectivity index (χ0n) is 16.4. The molecule has 1 fully saturated rings. The van der Waals surface area contributed by atoms with Crippen molar-refractivity contribution in [2.75, 3.05) is 30.4 Å². The highest BCUT2D eigenvalue weighted by molar-refractivity contribution is 7.22. The van der Waals surface area contributed by atoms with Gasteiger partial charge in [0.1, 0.15) is 5.52 Å². The van der Waals surface area contributed by atoms with Crippen molar-refractivity contribution in [3.05, 3.63) is 38.9 Å². The van der Waals surface area contributed by atoms with Crippen molar-refractivity contribution < 1.29 is 14.3 Å². The Balaban J connectivity index is 1.69. The number of hydrogen-bond donors (Lipinski definition) is 2. The van der Waals surface area contributed by atoms with Crippen LogP contribution in [0.2, 0.25) is 0 Å². The summed E-state index contributed by atoms with van der Waals surface area (Å²) in [5.41, 5.74) is 9.27. The summed E-state index contributed by atoms with van der Waals surface area (Å²) < 4.78 is 5.66. The van der Waals surface area contributed by atoms with Gasteiger partial charge < -0.3 is 15.4 Å². The summed E-state index contributed by atoms with van der Waals surface area (Å²) in [5.74, 6) is -0.772. The Morgan fingerprint density at radius 1 is 1.33 bits per heavy atom. The van der Waals surface area contributed by atoms with Crippen LogP contribution in [0.15, 0.2) is 33.3 Å². The molecule has 30 heavy (non-hydrogen) atoms. The Kier molecular flexibility index (Phi) is 5.76. The van der Waals surface area contributed by atoms with Gasteiger partial charge in [-0.3, -0.25) is 10.1 Å². The molecular formula is C20H20Cl2N4O3S. The van der Waals surface area contributed by atoms with Crippen molar-refractivity contribution in [2.24, 2.45) is 5.73 Å². The molecule has 0 unspecified atom stereocenters. The minimum absolute atomic E-state index is 0.0663. The van der Waals surface area contributed by atoms with E-state index in [1.165, 1.54) is 18.4 Å². The number of benzene rings is 1. The number of nitrogens with two attached hydrogens (primary N) is 1. The number of allylic oxidation sites excluding steroid dienone is 3. The third-order valence-corrected chi connectivity index (χ3v) is 7.17. The van der Waals surface area contributed by atoms with Gasteiger partial charge in [0.2, 0.25) is 0 Å². The number of aromatic nitrogens is 1. The number of halogens is 2. The molecule has 1 amide bonds. The lowest BCUT2D eigenvalue weighted by atomic mass is 10.1. The van der Waals surface area contributed by atoms with Crippen LogP contribution >= 0.6 is 34.5 Å². The highest BCUT2D eigenvalue weighted by atomic mass is 35.5. The summed E-state index contributed by atoms with van der Waals surface area (Å²) in [7, 11) is 1.34. The van der Waals surface area contributed by atoms with E-state index >= 15 is 0 Å². The summed E-state index contributed by atoms with van der Waals surface area (Å²) in [6.07, 6.45) is 1.26. The molecule has 0 spiro atoms. The van der Waals surface area contributed by atoms with Crippen LogP contribution in [-0.2, 0) is 9.53 Å². The summed E-state index contributed by atoms with van der Waals surface area (Å²) in [6.45, 7) is 3.28. The van der Waals surface area contributed by atoms with Crippen LogP contribution in [0, 0.1) is 0 Å². The van der Waals surface area contributed by atoms with Gasteiger partial charge in [0.15, 0.2) is 5.13 Å². The van der Waals surface area contributed by atoms with Crippen LogP contribution in [0.4, 0.5) is 10.8 Å². The number of ether oxygens (including phenoxy) is 1. The molecule has 1 saturated heterocycles.